The minimum Gasteiger partial charge on any atom is -0.319 e. The molecule has 1 atom stereocenters. The molecule has 1 fully saturated rings. The van der Waals surface area contributed by atoms with E-state index in [1.807, 2.05) is 37.0 Å². The fourth-order valence-electron chi connectivity index (χ4n) is 2.51. The van der Waals surface area contributed by atoms with E-state index in [9.17, 15) is 4.57 Å². The van der Waals surface area contributed by atoms with Crippen molar-refractivity contribution >= 4 is 12.4 Å². The molecule has 15 heavy (non-hydrogen) atoms. The first kappa shape index (κ1) is 11.0. The molecule has 0 amide bonds. The van der Waals surface area contributed by atoms with Crippen LogP contribution in [0.5, 0.6) is 0 Å². The first-order valence-corrected chi connectivity index (χ1v) is 8.06. The Kier molecular flexibility index (Phi) is 3.31. The molecule has 1 aromatic carbocycles. The highest BCUT2D eigenvalue weighted by Gasteiger charge is 2.30. The van der Waals surface area contributed by atoms with Crippen LogP contribution in [-0.2, 0) is 4.57 Å². The van der Waals surface area contributed by atoms with Crippen LogP contribution in [0.2, 0.25) is 0 Å². The predicted molar refractivity (Wildman–Crippen MR) is 66.5 cm³/mol. The molecule has 0 radical (unpaired) electrons. The van der Waals surface area contributed by atoms with Gasteiger partial charge in [0.25, 0.3) is 0 Å². The Labute approximate surface area is 92.3 Å². The molecule has 1 saturated carbocycles. The normalized spacial score (nSPS) is 22.2. The summed E-state index contributed by atoms with van der Waals surface area (Å²) in [7, 11) is -2.12. The van der Waals surface area contributed by atoms with Gasteiger partial charge in [-0.25, -0.2) is 0 Å². The summed E-state index contributed by atoms with van der Waals surface area (Å²) in [5.74, 6) is 0. The molecular weight excluding hydrogens is 203 g/mol. The van der Waals surface area contributed by atoms with Crippen molar-refractivity contribution < 1.29 is 4.57 Å². The fourth-order valence-corrected chi connectivity index (χ4v) is 5.04. The van der Waals surface area contributed by atoms with Gasteiger partial charge in [-0.05, 0) is 19.5 Å². The van der Waals surface area contributed by atoms with Gasteiger partial charge in [0.15, 0.2) is 0 Å². The summed E-state index contributed by atoms with van der Waals surface area (Å²) in [5.41, 5.74) is 0.439. The summed E-state index contributed by atoms with van der Waals surface area (Å²) in [6.07, 6.45) is 6.15. The van der Waals surface area contributed by atoms with Gasteiger partial charge in [-0.1, -0.05) is 49.6 Å². The van der Waals surface area contributed by atoms with E-state index in [1.54, 1.807) is 0 Å². The average molecular weight is 222 g/mol. The van der Waals surface area contributed by atoms with Crippen LogP contribution >= 0.6 is 7.14 Å². The van der Waals surface area contributed by atoms with E-state index in [2.05, 4.69) is 0 Å². The Morgan fingerprint density at radius 1 is 1.07 bits per heavy atom. The molecule has 0 bridgehead atoms. The molecule has 0 spiro atoms. The van der Waals surface area contributed by atoms with Crippen LogP contribution in [0.1, 0.15) is 32.1 Å². The maximum absolute atomic E-state index is 12.8. The SMILES string of the molecule is CP(=O)(c1ccccc1)C1CCCCC1. The van der Waals surface area contributed by atoms with Crippen molar-refractivity contribution in [1.82, 2.24) is 0 Å². The Balaban J connectivity index is 2.22. The van der Waals surface area contributed by atoms with Crippen LogP contribution in [0.25, 0.3) is 0 Å². The molecule has 0 heterocycles. The molecule has 1 nitrogen and oxygen atoms in total. The maximum Gasteiger partial charge on any atom is 0.115 e. The molecule has 0 aromatic heterocycles. The van der Waals surface area contributed by atoms with Crippen LogP contribution in [0.4, 0.5) is 0 Å². The summed E-state index contributed by atoms with van der Waals surface area (Å²) in [6.45, 7) is 1.97. The van der Waals surface area contributed by atoms with Crippen LogP contribution in [0, 0.1) is 0 Å². The van der Waals surface area contributed by atoms with Gasteiger partial charge in [-0.3, -0.25) is 0 Å². The van der Waals surface area contributed by atoms with E-state index in [1.165, 1.54) is 19.3 Å². The van der Waals surface area contributed by atoms with Gasteiger partial charge in [0.2, 0.25) is 0 Å². The number of hydrogen-bond donors (Lipinski definition) is 0. The minimum atomic E-state index is -2.12. The van der Waals surface area contributed by atoms with Gasteiger partial charge in [-0.15, -0.1) is 0 Å². The van der Waals surface area contributed by atoms with Gasteiger partial charge in [0.05, 0.1) is 0 Å². The Hall–Kier alpha value is -0.550. The van der Waals surface area contributed by atoms with Crippen molar-refractivity contribution in [2.75, 3.05) is 6.66 Å². The van der Waals surface area contributed by atoms with Gasteiger partial charge in [0, 0.05) is 11.0 Å². The molecule has 1 aliphatic carbocycles. The zero-order valence-corrected chi connectivity index (χ0v) is 10.2. The second-order valence-electron chi connectivity index (χ2n) is 4.62. The Morgan fingerprint density at radius 2 is 1.67 bits per heavy atom. The molecule has 0 saturated heterocycles. The average Bonchev–Trinajstić information content (AvgIpc) is 2.31. The lowest BCUT2D eigenvalue weighted by Gasteiger charge is -2.28. The minimum absolute atomic E-state index is 0.439. The second kappa shape index (κ2) is 4.53. The van der Waals surface area contributed by atoms with E-state index in [0.29, 0.717) is 5.66 Å². The van der Waals surface area contributed by atoms with Crippen LogP contribution < -0.4 is 5.30 Å². The van der Waals surface area contributed by atoms with E-state index in [-0.39, 0.29) is 0 Å². The van der Waals surface area contributed by atoms with E-state index >= 15 is 0 Å². The third kappa shape index (κ3) is 2.34. The molecule has 2 rings (SSSR count). The molecule has 2 heteroatoms. The standard InChI is InChI=1S/C13H19OP/c1-15(14,12-8-4-2-5-9-12)13-10-6-3-7-11-13/h2,4-5,8-9,13H,3,6-7,10-11H2,1H3. The lowest BCUT2D eigenvalue weighted by atomic mass is 10.0. The van der Waals surface area contributed by atoms with Gasteiger partial charge < -0.3 is 4.57 Å². The molecule has 1 aliphatic rings. The zero-order chi connectivity index (χ0) is 10.7. The van der Waals surface area contributed by atoms with Gasteiger partial charge in [0.1, 0.15) is 7.14 Å². The summed E-state index contributed by atoms with van der Waals surface area (Å²) >= 11 is 0. The van der Waals surface area contributed by atoms with Crippen LogP contribution in [-0.4, -0.2) is 12.3 Å². The third-order valence-corrected chi connectivity index (χ3v) is 6.77. The first-order valence-electron chi connectivity index (χ1n) is 5.84. The molecule has 1 unspecified atom stereocenters. The second-order valence-corrected chi connectivity index (χ2v) is 7.84. The largest absolute Gasteiger partial charge is 0.319 e. The smallest absolute Gasteiger partial charge is 0.115 e. The number of benzene rings is 1. The molecule has 0 aliphatic heterocycles. The highest BCUT2D eigenvalue weighted by molar-refractivity contribution is 7.71. The number of hydrogen-bond acceptors (Lipinski definition) is 1. The monoisotopic (exact) mass is 222 g/mol. The van der Waals surface area contributed by atoms with E-state index in [4.69, 9.17) is 0 Å². The summed E-state index contributed by atoms with van der Waals surface area (Å²) < 4.78 is 12.8. The van der Waals surface area contributed by atoms with Gasteiger partial charge in [-0.2, -0.15) is 0 Å². The quantitative estimate of drug-likeness (QED) is 0.698. The molecule has 82 valence electrons. The van der Waals surface area contributed by atoms with Gasteiger partial charge >= 0.3 is 0 Å². The van der Waals surface area contributed by atoms with Crippen LogP contribution in [0.15, 0.2) is 30.3 Å². The van der Waals surface area contributed by atoms with Crippen LogP contribution in [0.3, 0.4) is 0 Å². The Bertz CT molecular complexity index is 352. The van der Waals surface area contributed by atoms with Crippen molar-refractivity contribution in [2.24, 2.45) is 0 Å². The van der Waals surface area contributed by atoms with Crippen molar-refractivity contribution in [3.05, 3.63) is 30.3 Å². The predicted octanol–water partition coefficient (Wildman–Crippen LogP) is 3.64. The zero-order valence-electron chi connectivity index (χ0n) is 9.36. The topological polar surface area (TPSA) is 17.1 Å². The summed E-state index contributed by atoms with van der Waals surface area (Å²) in [6, 6.07) is 10.0. The highest BCUT2D eigenvalue weighted by Crippen LogP contribution is 2.51. The fraction of sp³-hybridized carbons (Fsp3) is 0.538. The maximum atomic E-state index is 12.8. The Morgan fingerprint density at radius 3 is 2.27 bits per heavy atom. The lowest BCUT2D eigenvalue weighted by molar-refractivity contribution is 0.488. The number of rotatable bonds is 2. The highest BCUT2D eigenvalue weighted by atomic mass is 31.2. The lowest BCUT2D eigenvalue weighted by Crippen LogP contribution is -2.19. The molecule has 1 aromatic rings. The molecular formula is C13H19OP. The van der Waals surface area contributed by atoms with Crippen molar-refractivity contribution in [2.45, 2.75) is 37.8 Å². The molecule has 0 N–H and O–H groups in total. The van der Waals surface area contributed by atoms with E-state index in [0.717, 1.165) is 18.1 Å². The van der Waals surface area contributed by atoms with E-state index < -0.39 is 7.14 Å². The third-order valence-electron chi connectivity index (χ3n) is 3.54. The summed E-state index contributed by atoms with van der Waals surface area (Å²) in [5, 5.41) is 1.07. The van der Waals surface area contributed by atoms with Crippen molar-refractivity contribution in [1.29, 1.82) is 0 Å². The van der Waals surface area contributed by atoms with Crippen molar-refractivity contribution in [3.8, 4) is 0 Å². The first-order chi connectivity index (χ1) is 7.21. The summed E-state index contributed by atoms with van der Waals surface area (Å²) in [4.78, 5) is 0. The van der Waals surface area contributed by atoms with Crippen molar-refractivity contribution in [3.63, 3.8) is 0 Å².